The van der Waals surface area contributed by atoms with E-state index in [-0.39, 0.29) is 18.0 Å². The molecule has 2 nitrogen and oxygen atoms in total. The highest BCUT2D eigenvalue weighted by molar-refractivity contribution is 9.10. The summed E-state index contributed by atoms with van der Waals surface area (Å²) >= 11 is 3.37. The summed E-state index contributed by atoms with van der Waals surface area (Å²) in [6, 6.07) is 4.99. The fraction of sp³-hybridized carbons (Fsp3) is 0.538. The largest absolute Gasteiger partial charge is 0.368 e. The summed E-state index contributed by atoms with van der Waals surface area (Å²) in [5.74, 6) is -0.197. The fourth-order valence-electron chi connectivity index (χ4n) is 2.14. The normalized spacial score (nSPS) is 24.9. The molecule has 0 radical (unpaired) electrons. The third-order valence-corrected chi connectivity index (χ3v) is 3.47. The van der Waals surface area contributed by atoms with Gasteiger partial charge in [-0.3, -0.25) is 0 Å². The molecule has 2 rings (SSSR count). The molecule has 1 aliphatic heterocycles. The first kappa shape index (κ1) is 13.0. The molecule has 0 saturated carbocycles. The van der Waals surface area contributed by atoms with Crippen LogP contribution in [0.2, 0.25) is 0 Å². The van der Waals surface area contributed by atoms with Gasteiger partial charge in [-0.25, -0.2) is 4.39 Å². The average Bonchev–Trinajstić information content (AvgIpc) is 2.33. The second-order valence-corrected chi connectivity index (χ2v) is 5.28. The van der Waals surface area contributed by atoms with E-state index >= 15 is 0 Å². The van der Waals surface area contributed by atoms with Gasteiger partial charge in [0.2, 0.25) is 0 Å². The number of morpholine rings is 1. The lowest BCUT2D eigenvalue weighted by molar-refractivity contribution is -0.0440. The van der Waals surface area contributed by atoms with Gasteiger partial charge in [0.25, 0.3) is 0 Å². The molecule has 4 heteroatoms. The summed E-state index contributed by atoms with van der Waals surface area (Å²) in [5.41, 5.74) is 0.632. The second kappa shape index (κ2) is 5.94. The van der Waals surface area contributed by atoms with Crippen LogP contribution in [0.1, 0.15) is 31.4 Å². The third-order valence-electron chi connectivity index (χ3n) is 2.97. The highest BCUT2D eigenvalue weighted by Crippen LogP contribution is 2.27. The summed E-state index contributed by atoms with van der Waals surface area (Å²) in [6.07, 6.45) is 2.11. The number of nitrogens with one attached hydrogen (secondary N) is 1. The van der Waals surface area contributed by atoms with Crippen LogP contribution in [0.15, 0.2) is 22.7 Å². The van der Waals surface area contributed by atoms with Gasteiger partial charge >= 0.3 is 0 Å². The molecule has 1 fully saturated rings. The topological polar surface area (TPSA) is 21.3 Å². The predicted octanol–water partition coefficient (Wildman–Crippen LogP) is 3.42. The smallest absolute Gasteiger partial charge is 0.129 e. The van der Waals surface area contributed by atoms with Gasteiger partial charge in [-0.1, -0.05) is 29.3 Å². The van der Waals surface area contributed by atoms with E-state index in [4.69, 9.17) is 4.74 Å². The molecule has 1 saturated heterocycles. The first-order valence-corrected chi connectivity index (χ1v) is 6.81. The third kappa shape index (κ3) is 3.27. The Morgan fingerprint density at radius 1 is 1.47 bits per heavy atom. The summed E-state index contributed by atoms with van der Waals surface area (Å²) in [5, 5.41) is 3.31. The van der Waals surface area contributed by atoms with Gasteiger partial charge in [0, 0.05) is 23.1 Å². The van der Waals surface area contributed by atoms with Crippen LogP contribution in [0, 0.1) is 5.82 Å². The molecule has 0 spiro atoms. The lowest BCUT2D eigenvalue weighted by Crippen LogP contribution is -2.40. The zero-order valence-electron chi connectivity index (χ0n) is 9.88. The van der Waals surface area contributed by atoms with E-state index in [1.165, 1.54) is 6.07 Å². The molecular formula is C13H17BrFNO. The maximum atomic E-state index is 13.7. The van der Waals surface area contributed by atoms with Crippen molar-refractivity contribution in [2.24, 2.45) is 0 Å². The first-order valence-electron chi connectivity index (χ1n) is 6.02. The van der Waals surface area contributed by atoms with Crippen molar-refractivity contribution in [1.82, 2.24) is 5.32 Å². The summed E-state index contributed by atoms with van der Waals surface area (Å²) in [4.78, 5) is 0. The van der Waals surface area contributed by atoms with Gasteiger partial charge in [0.05, 0.1) is 12.2 Å². The van der Waals surface area contributed by atoms with Gasteiger partial charge in [-0.2, -0.15) is 0 Å². The number of benzene rings is 1. The minimum absolute atomic E-state index is 0.183. The SMILES string of the molecule is CCCC1CNCC(c2cc(Br)ccc2F)O1. The Labute approximate surface area is 110 Å². The Balaban J connectivity index is 2.13. The van der Waals surface area contributed by atoms with Gasteiger partial charge in [-0.05, 0) is 24.6 Å². The minimum atomic E-state index is -0.197. The molecular weight excluding hydrogens is 285 g/mol. The zero-order chi connectivity index (χ0) is 12.3. The van der Waals surface area contributed by atoms with Crippen molar-refractivity contribution in [3.05, 3.63) is 34.1 Å². The fourth-order valence-corrected chi connectivity index (χ4v) is 2.52. The summed E-state index contributed by atoms with van der Waals surface area (Å²) in [7, 11) is 0. The Kier molecular flexibility index (Phi) is 4.54. The monoisotopic (exact) mass is 301 g/mol. The van der Waals surface area contributed by atoms with Crippen LogP contribution in [-0.4, -0.2) is 19.2 Å². The van der Waals surface area contributed by atoms with E-state index in [2.05, 4.69) is 28.2 Å². The molecule has 1 N–H and O–H groups in total. The number of hydrogen-bond donors (Lipinski definition) is 1. The van der Waals surface area contributed by atoms with E-state index in [9.17, 15) is 4.39 Å². The van der Waals surface area contributed by atoms with Crippen LogP contribution in [-0.2, 0) is 4.74 Å². The lowest BCUT2D eigenvalue weighted by atomic mass is 10.1. The molecule has 1 heterocycles. The molecule has 17 heavy (non-hydrogen) atoms. The Hall–Kier alpha value is -0.450. The highest BCUT2D eigenvalue weighted by Gasteiger charge is 2.24. The quantitative estimate of drug-likeness (QED) is 0.924. The van der Waals surface area contributed by atoms with Crippen LogP contribution >= 0.6 is 15.9 Å². The molecule has 0 aromatic heterocycles. The Morgan fingerprint density at radius 3 is 3.06 bits per heavy atom. The van der Waals surface area contributed by atoms with Crippen molar-refractivity contribution in [3.63, 3.8) is 0 Å². The Bertz CT molecular complexity index is 384. The number of ether oxygens (including phenoxy) is 1. The standard InChI is InChI=1S/C13H17BrFNO/c1-2-3-10-7-16-8-13(17-10)11-6-9(14)4-5-12(11)15/h4-6,10,13,16H,2-3,7-8H2,1H3. The van der Waals surface area contributed by atoms with Crippen LogP contribution in [0.25, 0.3) is 0 Å². The van der Waals surface area contributed by atoms with E-state index < -0.39 is 0 Å². The molecule has 94 valence electrons. The van der Waals surface area contributed by atoms with Crippen LogP contribution in [0.3, 0.4) is 0 Å². The number of halogens is 2. The molecule has 1 aromatic carbocycles. The van der Waals surface area contributed by atoms with Crippen LogP contribution in [0.5, 0.6) is 0 Å². The maximum absolute atomic E-state index is 13.7. The van der Waals surface area contributed by atoms with Crippen molar-refractivity contribution in [1.29, 1.82) is 0 Å². The van der Waals surface area contributed by atoms with E-state index in [0.29, 0.717) is 12.1 Å². The van der Waals surface area contributed by atoms with Crippen LogP contribution in [0.4, 0.5) is 4.39 Å². The second-order valence-electron chi connectivity index (χ2n) is 4.36. The van der Waals surface area contributed by atoms with Crippen LogP contribution < -0.4 is 5.32 Å². The number of hydrogen-bond acceptors (Lipinski definition) is 2. The van der Waals surface area contributed by atoms with E-state index in [1.54, 1.807) is 12.1 Å². The molecule has 0 amide bonds. The van der Waals surface area contributed by atoms with Crippen molar-refractivity contribution in [3.8, 4) is 0 Å². The number of rotatable bonds is 3. The average molecular weight is 302 g/mol. The molecule has 0 bridgehead atoms. The molecule has 2 atom stereocenters. The lowest BCUT2D eigenvalue weighted by Gasteiger charge is -2.31. The molecule has 0 aliphatic carbocycles. The minimum Gasteiger partial charge on any atom is -0.368 e. The van der Waals surface area contributed by atoms with Crippen molar-refractivity contribution in [2.45, 2.75) is 32.0 Å². The highest BCUT2D eigenvalue weighted by atomic mass is 79.9. The van der Waals surface area contributed by atoms with Crippen molar-refractivity contribution in [2.75, 3.05) is 13.1 Å². The maximum Gasteiger partial charge on any atom is 0.129 e. The predicted molar refractivity (Wildman–Crippen MR) is 69.5 cm³/mol. The van der Waals surface area contributed by atoms with E-state index in [0.717, 1.165) is 23.9 Å². The van der Waals surface area contributed by atoms with Gasteiger partial charge in [0.15, 0.2) is 0 Å². The first-order chi connectivity index (χ1) is 8.20. The summed E-state index contributed by atoms with van der Waals surface area (Å²) < 4.78 is 20.5. The molecule has 2 unspecified atom stereocenters. The van der Waals surface area contributed by atoms with Gasteiger partial charge < -0.3 is 10.1 Å². The molecule has 1 aliphatic rings. The van der Waals surface area contributed by atoms with Crippen molar-refractivity contribution >= 4 is 15.9 Å². The Morgan fingerprint density at radius 2 is 2.29 bits per heavy atom. The molecule has 1 aromatic rings. The summed E-state index contributed by atoms with van der Waals surface area (Å²) in [6.45, 7) is 3.67. The van der Waals surface area contributed by atoms with E-state index in [1.807, 2.05) is 0 Å². The van der Waals surface area contributed by atoms with Gasteiger partial charge in [0.1, 0.15) is 5.82 Å². The zero-order valence-corrected chi connectivity index (χ0v) is 11.5. The van der Waals surface area contributed by atoms with Crippen molar-refractivity contribution < 1.29 is 9.13 Å². The van der Waals surface area contributed by atoms with Gasteiger partial charge in [-0.15, -0.1) is 0 Å².